The molecule has 0 aromatic rings. The minimum Gasteiger partial charge on any atom is -0.444 e. The molecule has 132 valence electrons. The van der Waals surface area contributed by atoms with Gasteiger partial charge in [-0.25, -0.2) is 4.79 Å². The predicted octanol–water partition coefficient (Wildman–Crippen LogP) is 3.37. The summed E-state index contributed by atoms with van der Waals surface area (Å²) in [5.74, 6) is 1.13. The Morgan fingerprint density at radius 1 is 0.913 bits per heavy atom. The van der Waals surface area contributed by atoms with Crippen molar-refractivity contribution in [2.75, 3.05) is 0 Å². The Kier molecular flexibility index (Phi) is 5.93. The number of carbonyl (C=O) groups is 2. The van der Waals surface area contributed by atoms with Crippen LogP contribution in [0.15, 0.2) is 0 Å². The number of nitrogens with one attached hydrogen (secondary N) is 2. The molecule has 0 aliphatic heterocycles. The van der Waals surface area contributed by atoms with Crippen LogP contribution in [0.4, 0.5) is 4.79 Å². The van der Waals surface area contributed by atoms with Gasteiger partial charge in [0.05, 0.1) is 0 Å². The van der Waals surface area contributed by atoms with E-state index in [0.29, 0.717) is 5.92 Å². The molecule has 2 saturated carbocycles. The van der Waals surface area contributed by atoms with Crippen LogP contribution in [0.5, 0.6) is 0 Å². The molecule has 2 amide bonds. The second kappa shape index (κ2) is 7.54. The summed E-state index contributed by atoms with van der Waals surface area (Å²) in [4.78, 5) is 24.1. The van der Waals surface area contributed by atoms with Crippen molar-refractivity contribution in [2.24, 2.45) is 11.8 Å². The summed E-state index contributed by atoms with van der Waals surface area (Å²) in [6.07, 6.45) is 6.53. The Morgan fingerprint density at radius 2 is 1.48 bits per heavy atom. The lowest BCUT2D eigenvalue weighted by Crippen LogP contribution is -2.46. The van der Waals surface area contributed by atoms with Crippen molar-refractivity contribution in [3.05, 3.63) is 0 Å². The highest BCUT2D eigenvalue weighted by Crippen LogP contribution is 2.31. The van der Waals surface area contributed by atoms with Crippen molar-refractivity contribution in [1.29, 1.82) is 0 Å². The van der Waals surface area contributed by atoms with Crippen LogP contribution >= 0.6 is 0 Å². The molecule has 2 aliphatic carbocycles. The minimum atomic E-state index is -0.465. The topological polar surface area (TPSA) is 67.4 Å². The minimum absolute atomic E-state index is 0.157. The molecule has 0 aromatic carbocycles. The van der Waals surface area contributed by atoms with Crippen molar-refractivity contribution in [3.63, 3.8) is 0 Å². The Hall–Kier alpha value is -1.26. The molecule has 0 spiro atoms. The summed E-state index contributed by atoms with van der Waals surface area (Å²) in [5.41, 5.74) is -0.465. The normalized spacial score (nSPS) is 31.5. The number of hydrogen-bond acceptors (Lipinski definition) is 3. The SMILES string of the molecule is CC1CCC(C(=O)N[C@H]2CC[C@H](NC(=O)OC(C)(C)C)CC2)C1. The van der Waals surface area contributed by atoms with Gasteiger partial charge in [0, 0.05) is 18.0 Å². The highest BCUT2D eigenvalue weighted by Gasteiger charge is 2.30. The zero-order chi connectivity index (χ0) is 17.0. The summed E-state index contributed by atoms with van der Waals surface area (Å²) in [5, 5.41) is 6.15. The van der Waals surface area contributed by atoms with Crippen molar-refractivity contribution >= 4 is 12.0 Å². The van der Waals surface area contributed by atoms with E-state index in [1.807, 2.05) is 20.8 Å². The van der Waals surface area contributed by atoms with Gasteiger partial charge in [0.2, 0.25) is 5.91 Å². The monoisotopic (exact) mass is 324 g/mol. The van der Waals surface area contributed by atoms with Crippen LogP contribution in [-0.2, 0) is 9.53 Å². The van der Waals surface area contributed by atoms with E-state index in [2.05, 4.69) is 17.6 Å². The average Bonchev–Trinajstić information content (AvgIpc) is 2.85. The quantitative estimate of drug-likeness (QED) is 0.836. The number of hydrogen-bond donors (Lipinski definition) is 2. The third kappa shape index (κ3) is 6.04. The molecule has 23 heavy (non-hydrogen) atoms. The lowest BCUT2D eigenvalue weighted by molar-refractivity contribution is -0.125. The van der Waals surface area contributed by atoms with E-state index in [1.165, 1.54) is 6.42 Å². The van der Waals surface area contributed by atoms with Gasteiger partial charge in [-0.05, 0) is 71.6 Å². The number of alkyl carbamates (subject to hydrolysis) is 1. The summed E-state index contributed by atoms with van der Waals surface area (Å²) >= 11 is 0. The van der Waals surface area contributed by atoms with Crippen LogP contribution in [0.3, 0.4) is 0 Å². The van der Waals surface area contributed by atoms with Gasteiger partial charge in [-0.15, -0.1) is 0 Å². The van der Waals surface area contributed by atoms with Gasteiger partial charge in [0.25, 0.3) is 0 Å². The standard InChI is InChI=1S/C18H32N2O3/c1-12-5-6-13(11-12)16(21)19-14-7-9-15(10-8-14)20-17(22)23-18(2,3)4/h12-15H,5-11H2,1-4H3,(H,19,21)(H,20,22)/t12?,13?,14-,15-. The first kappa shape index (κ1) is 18.1. The molecule has 2 rings (SSSR count). The largest absolute Gasteiger partial charge is 0.444 e. The second-order valence-corrected chi connectivity index (χ2v) is 8.32. The summed E-state index contributed by atoms with van der Waals surface area (Å²) < 4.78 is 5.29. The van der Waals surface area contributed by atoms with E-state index in [4.69, 9.17) is 4.74 Å². The molecule has 0 aromatic heterocycles. The Balaban J connectivity index is 1.67. The number of amides is 2. The molecule has 0 heterocycles. The van der Waals surface area contributed by atoms with Crippen LogP contribution in [0.25, 0.3) is 0 Å². The van der Waals surface area contributed by atoms with E-state index in [0.717, 1.165) is 38.5 Å². The number of ether oxygens (including phenoxy) is 1. The summed E-state index contributed by atoms with van der Waals surface area (Å²) in [6, 6.07) is 0.416. The maximum Gasteiger partial charge on any atom is 0.407 e. The van der Waals surface area contributed by atoms with Crippen LogP contribution in [-0.4, -0.2) is 29.7 Å². The molecule has 0 radical (unpaired) electrons. The maximum atomic E-state index is 12.3. The third-order valence-corrected chi connectivity index (χ3v) is 4.86. The molecular formula is C18H32N2O3. The average molecular weight is 324 g/mol. The molecule has 2 atom stereocenters. The zero-order valence-electron chi connectivity index (χ0n) is 15.0. The van der Waals surface area contributed by atoms with Gasteiger partial charge >= 0.3 is 6.09 Å². The maximum absolute atomic E-state index is 12.3. The summed E-state index contributed by atoms with van der Waals surface area (Å²) in [6.45, 7) is 7.81. The Morgan fingerprint density at radius 3 is 1.96 bits per heavy atom. The molecule has 2 fully saturated rings. The Bertz CT molecular complexity index is 422. The molecule has 2 aliphatic rings. The molecule has 5 heteroatoms. The van der Waals surface area contributed by atoms with Crippen molar-refractivity contribution in [2.45, 2.75) is 90.3 Å². The smallest absolute Gasteiger partial charge is 0.407 e. The molecule has 5 nitrogen and oxygen atoms in total. The molecule has 2 N–H and O–H groups in total. The van der Waals surface area contributed by atoms with Gasteiger partial charge in [0.1, 0.15) is 5.60 Å². The first-order valence-corrected chi connectivity index (χ1v) is 9.03. The highest BCUT2D eigenvalue weighted by atomic mass is 16.6. The van der Waals surface area contributed by atoms with E-state index in [1.54, 1.807) is 0 Å². The van der Waals surface area contributed by atoms with E-state index in [-0.39, 0.29) is 30.0 Å². The lowest BCUT2D eigenvalue weighted by atomic mass is 9.90. The fourth-order valence-electron chi connectivity index (χ4n) is 3.62. The number of rotatable bonds is 3. The van der Waals surface area contributed by atoms with Gasteiger partial charge in [-0.2, -0.15) is 0 Å². The van der Waals surface area contributed by atoms with Crippen molar-refractivity contribution < 1.29 is 14.3 Å². The van der Waals surface area contributed by atoms with E-state index < -0.39 is 5.60 Å². The van der Waals surface area contributed by atoms with Gasteiger partial charge in [-0.3, -0.25) is 4.79 Å². The molecular weight excluding hydrogens is 292 g/mol. The molecule has 0 bridgehead atoms. The third-order valence-electron chi connectivity index (χ3n) is 4.86. The van der Waals surface area contributed by atoms with Crippen molar-refractivity contribution in [1.82, 2.24) is 10.6 Å². The van der Waals surface area contributed by atoms with Gasteiger partial charge in [0.15, 0.2) is 0 Å². The molecule has 0 saturated heterocycles. The van der Waals surface area contributed by atoms with Crippen LogP contribution in [0.2, 0.25) is 0 Å². The first-order chi connectivity index (χ1) is 10.7. The first-order valence-electron chi connectivity index (χ1n) is 9.03. The van der Waals surface area contributed by atoms with E-state index in [9.17, 15) is 9.59 Å². The lowest BCUT2D eigenvalue weighted by Gasteiger charge is -2.31. The molecule has 2 unspecified atom stereocenters. The fourth-order valence-corrected chi connectivity index (χ4v) is 3.62. The predicted molar refractivity (Wildman–Crippen MR) is 90.1 cm³/mol. The Labute approximate surface area is 139 Å². The second-order valence-electron chi connectivity index (χ2n) is 8.32. The summed E-state index contributed by atoms with van der Waals surface area (Å²) in [7, 11) is 0. The van der Waals surface area contributed by atoms with E-state index >= 15 is 0 Å². The van der Waals surface area contributed by atoms with Crippen LogP contribution in [0, 0.1) is 11.8 Å². The fraction of sp³-hybridized carbons (Fsp3) is 0.889. The van der Waals surface area contributed by atoms with Crippen LogP contribution < -0.4 is 10.6 Å². The van der Waals surface area contributed by atoms with Gasteiger partial charge in [-0.1, -0.05) is 6.92 Å². The zero-order valence-corrected chi connectivity index (χ0v) is 15.0. The van der Waals surface area contributed by atoms with Gasteiger partial charge < -0.3 is 15.4 Å². The van der Waals surface area contributed by atoms with Crippen molar-refractivity contribution in [3.8, 4) is 0 Å². The number of carbonyl (C=O) groups excluding carboxylic acids is 2. The highest BCUT2D eigenvalue weighted by molar-refractivity contribution is 5.79. The van der Waals surface area contributed by atoms with Crippen LogP contribution in [0.1, 0.15) is 72.6 Å².